The number of aliphatic hydroxyl groups is 2. The quantitative estimate of drug-likeness (QED) is 0.404. The molecule has 0 bridgehead atoms. The zero-order valence-electron chi connectivity index (χ0n) is 13.8. The number of aliphatic hydroxyl groups excluding tert-OH is 2. The third-order valence-electron chi connectivity index (χ3n) is 2.77. The lowest BCUT2D eigenvalue weighted by Gasteiger charge is -2.02. The molecule has 0 aliphatic carbocycles. The number of ether oxygens (including phenoxy) is 2. The monoisotopic (exact) mass is 306 g/mol. The zero-order valence-corrected chi connectivity index (χ0v) is 13.8. The Balaban J connectivity index is 0. The van der Waals surface area contributed by atoms with Crippen LogP contribution in [0.3, 0.4) is 0 Å². The van der Waals surface area contributed by atoms with Gasteiger partial charge in [0.2, 0.25) is 0 Å². The third-order valence-corrected chi connectivity index (χ3v) is 2.77. The van der Waals surface area contributed by atoms with Crippen LogP contribution in [0, 0.1) is 0 Å². The summed E-state index contributed by atoms with van der Waals surface area (Å²) in [7, 11) is 0. The lowest BCUT2D eigenvalue weighted by atomic mass is 10.1. The minimum Gasteiger partial charge on any atom is -0.466 e. The van der Waals surface area contributed by atoms with E-state index >= 15 is 0 Å². The maximum absolute atomic E-state index is 10.4. The largest absolute Gasteiger partial charge is 0.466 e. The molecule has 5 nitrogen and oxygen atoms in total. The first-order valence-corrected chi connectivity index (χ1v) is 8.11. The van der Waals surface area contributed by atoms with Crippen molar-refractivity contribution < 1.29 is 24.5 Å². The van der Waals surface area contributed by atoms with E-state index in [1.165, 1.54) is 51.9 Å². The Bertz CT molecular complexity index is 193. The van der Waals surface area contributed by atoms with E-state index in [2.05, 4.69) is 11.7 Å². The molecule has 2 N–H and O–H groups in total. The molecule has 0 saturated carbocycles. The average Bonchev–Trinajstić information content (AvgIpc) is 2.46. The highest BCUT2D eigenvalue weighted by molar-refractivity contribution is 5.65. The van der Waals surface area contributed by atoms with Gasteiger partial charge < -0.3 is 19.7 Å². The van der Waals surface area contributed by atoms with E-state index in [0.29, 0.717) is 19.8 Å². The molecule has 0 amide bonds. The average molecular weight is 306 g/mol. The van der Waals surface area contributed by atoms with Gasteiger partial charge >= 0.3 is 5.97 Å². The Morgan fingerprint density at radius 3 is 1.71 bits per heavy atom. The summed E-state index contributed by atoms with van der Waals surface area (Å²) in [6.45, 7) is 5.00. The zero-order chi connectivity index (χ0) is 16.2. The summed E-state index contributed by atoms with van der Waals surface area (Å²) < 4.78 is 9.48. The second-order valence-electron chi connectivity index (χ2n) is 4.87. The van der Waals surface area contributed by atoms with Crippen LogP contribution in [0.2, 0.25) is 0 Å². The topological polar surface area (TPSA) is 76.0 Å². The smallest absolute Gasteiger partial charge is 0.302 e. The molecule has 0 aromatic heterocycles. The Morgan fingerprint density at radius 2 is 1.29 bits per heavy atom. The molecule has 21 heavy (non-hydrogen) atoms. The van der Waals surface area contributed by atoms with Gasteiger partial charge in [0.1, 0.15) is 0 Å². The van der Waals surface area contributed by atoms with Gasteiger partial charge in [-0.15, -0.1) is 0 Å². The molecule has 0 rings (SSSR count). The van der Waals surface area contributed by atoms with E-state index in [0.717, 1.165) is 6.42 Å². The Kier molecular flexibility index (Phi) is 23.3. The number of carbonyl (C=O) groups excluding carboxylic acids is 1. The standard InChI is InChI=1S/C12H24O2.C4H10O3/c1-3-4-5-6-7-8-9-10-11-14-12(2)13;5-1-3-7-4-2-6/h3-11H2,1-2H3;5-6H,1-4H2. The van der Waals surface area contributed by atoms with E-state index in [1.54, 1.807) is 0 Å². The Morgan fingerprint density at radius 1 is 0.810 bits per heavy atom. The molecule has 0 saturated heterocycles. The van der Waals surface area contributed by atoms with Gasteiger partial charge in [-0.2, -0.15) is 0 Å². The normalized spacial score (nSPS) is 9.90. The van der Waals surface area contributed by atoms with Crippen molar-refractivity contribution in [2.24, 2.45) is 0 Å². The molecule has 0 aromatic carbocycles. The molecule has 0 unspecified atom stereocenters. The third kappa shape index (κ3) is 28.3. The summed E-state index contributed by atoms with van der Waals surface area (Å²) in [6, 6.07) is 0. The van der Waals surface area contributed by atoms with Crippen molar-refractivity contribution in [2.75, 3.05) is 33.0 Å². The molecular weight excluding hydrogens is 272 g/mol. The fraction of sp³-hybridized carbons (Fsp3) is 0.938. The van der Waals surface area contributed by atoms with Crippen molar-refractivity contribution in [1.29, 1.82) is 0 Å². The first-order valence-electron chi connectivity index (χ1n) is 8.11. The maximum Gasteiger partial charge on any atom is 0.302 e. The molecule has 0 aliphatic rings. The van der Waals surface area contributed by atoms with Crippen LogP contribution in [0.4, 0.5) is 0 Å². The van der Waals surface area contributed by atoms with Crippen molar-refractivity contribution in [3.8, 4) is 0 Å². The maximum atomic E-state index is 10.4. The number of rotatable bonds is 13. The minimum atomic E-state index is -0.159. The molecule has 0 heterocycles. The Labute approximate surface area is 129 Å². The predicted octanol–water partition coefficient (Wildman–Crippen LogP) is 2.68. The van der Waals surface area contributed by atoms with Crippen LogP contribution in [-0.4, -0.2) is 49.2 Å². The molecule has 0 aliphatic heterocycles. The molecule has 0 spiro atoms. The highest BCUT2D eigenvalue weighted by atomic mass is 16.5. The van der Waals surface area contributed by atoms with E-state index in [9.17, 15) is 4.79 Å². The van der Waals surface area contributed by atoms with E-state index in [1.807, 2.05) is 0 Å². The molecule has 5 heteroatoms. The van der Waals surface area contributed by atoms with E-state index < -0.39 is 0 Å². The summed E-state index contributed by atoms with van der Waals surface area (Å²) in [5.41, 5.74) is 0. The van der Waals surface area contributed by atoms with Gasteiger partial charge in [-0.05, 0) is 6.42 Å². The molecule has 0 radical (unpaired) electrons. The van der Waals surface area contributed by atoms with Crippen LogP contribution in [0.5, 0.6) is 0 Å². The molecule has 0 fully saturated rings. The minimum absolute atomic E-state index is 0.0278. The second kappa shape index (κ2) is 21.6. The van der Waals surface area contributed by atoms with Gasteiger partial charge in [0, 0.05) is 6.92 Å². The van der Waals surface area contributed by atoms with Crippen LogP contribution in [0.25, 0.3) is 0 Å². The van der Waals surface area contributed by atoms with Crippen molar-refractivity contribution >= 4 is 5.97 Å². The number of unbranched alkanes of at least 4 members (excludes halogenated alkanes) is 7. The lowest BCUT2D eigenvalue weighted by molar-refractivity contribution is -0.141. The van der Waals surface area contributed by atoms with Crippen LogP contribution in [-0.2, 0) is 14.3 Å². The molecular formula is C16H34O5. The molecule has 0 aromatic rings. The van der Waals surface area contributed by atoms with Gasteiger partial charge in [0.05, 0.1) is 33.0 Å². The SMILES string of the molecule is CCCCCCCCCCOC(C)=O.OCCOCCO. The van der Waals surface area contributed by atoms with Crippen LogP contribution in [0.15, 0.2) is 0 Å². The van der Waals surface area contributed by atoms with Crippen molar-refractivity contribution in [1.82, 2.24) is 0 Å². The lowest BCUT2D eigenvalue weighted by Crippen LogP contribution is -2.03. The number of hydrogen-bond donors (Lipinski definition) is 2. The highest BCUT2D eigenvalue weighted by Gasteiger charge is 1.93. The summed E-state index contributed by atoms with van der Waals surface area (Å²) in [5, 5.41) is 16.2. The summed E-state index contributed by atoms with van der Waals surface area (Å²) in [4.78, 5) is 10.4. The Hall–Kier alpha value is -0.650. The molecule has 0 atom stereocenters. The fourth-order valence-corrected chi connectivity index (χ4v) is 1.68. The molecule has 128 valence electrons. The van der Waals surface area contributed by atoms with Crippen molar-refractivity contribution in [3.63, 3.8) is 0 Å². The summed E-state index contributed by atoms with van der Waals surface area (Å²) >= 11 is 0. The van der Waals surface area contributed by atoms with E-state index in [4.69, 9.17) is 14.9 Å². The van der Waals surface area contributed by atoms with Crippen LogP contribution < -0.4 is 0 Å². The van der Waals surface area contributed by atoms with Crippen molar-refractivity contribution in [3.05, 3.63) is 0 Å². The number of carbonyl (C=O) groups is 1. The second-order valence-corrected chi connectivity index (χ2v) is 4.87. The van der Waals surface area contributed by atoms with Gasteiger partial charge in [-0.3, -0.25) is 4.79 Å². The van der Waals surface area contributed by atoms with Gasteiger partial charge in [0.25, 0.3) is 0 Å². The van der Waals surface area contributed by atoms with Gasteiger partial charge in [0.15, 0.2) is 0 Å². The van der Waals surface area contributed by atoms with Gasteiger partial charge in [-0.1, -0.05) is 51.9 Å². The number of hydrogen-bond acceptors (Lipinski definition) is 5. The summed E-state index contributed by atoms with van der Waals surface area (Å²) in [5.74, 6) is -0.159. The fourth-order valence-electron chi connectivity index (χ4n) is 1.68. The van der Waals surface area contributed by atoms with Crippen LogP contribution in [0.1, 0.15) is 65.2 Å². The predicted molar refractivity (Wildman–Crippen MR) is 84.2 cm³/mol. The first-order chi connectivity index (χ1) is 10.2. The summed E-state index contributed by atoms with van der Waals surface area (Å²) in [6.07, 6.45) is 10.2. The number of esters is 1. The first kappa shape index (κ1) is 22.6. The van der Waals surface area contributed by atoms with E-state index in [-0.39, 0.29) is 19.2 Å². The van der Waals surface area contributed by atoms with Crippen molar-refractivity contribution in [2.45, 2.75) is 65.2 Å². The highest BCUT2D eigenvalue weighted by Crippen LogP contribution is 2.08. The van der Waals surface area contributed by atoms with Crippen LogP contribution >= 0.6 is 0 Å². The van der Waals surface area contributed by atoms with Gasteiger partial charge in [-0.25, -0.2) is 0 Å².